The Labute approximate surface area is 81.5 Å². The molecule has 3 aliphatic carbocycles. The Hall–Kier alpha value is -0.0400. The molecular formula is C12H22O. The van der Waals surface area contributed by atoms with Gasteiger partial charge in [-0.15, -0.1) is 0 Å². The van der Waals surface area contributed by atoms with E-state index in [2.05, 4.69) is 13.8 Å². The van der Waals surface area contributed by atoms with Crippen LogP contribution in [0.3, 0.4) is 0 Å². The molecule has 0 aromatic carbocycles. The summed E-state index contributed by atoms with van der Waals surface area (Å²) in [5, 5.41) is 10.1. The number of hydrogen-bond acceptors (Lipinski definition) is 1. The van der Waals surface area contributed by atoms with E-state index in [1.807, 2.05) is 13.8 Å². The van der Waals surface area contributed by atoms with E-state index < -0.39 is 5.60 Å². The second-order valence-electron chi connectivity index (χ2n) is 6.20. The van der Waals surface area contributed by atoms with Crippen molar-refractivity contribution in [1.29, 1.82) is 0 Å². The summed E-state index contributed by atoms with van der Waals surface area (Å²) in [7, 11) is 0. The second-order valence-corrected chi connectivity index (χ2v) is 6.20. The zero-order valence-corrected chi connectivity index (χ0v) is 9.30. The van der Waals surface area contributed by atoms with Crippen LogP contribution in [0.1, 0.15) is 47.0 Å². The van der Waals surface area contributed by atoms with Crippen LogP contribution >= 0.6 is 0 Å². The van der Waals surface area contributed by atoms with Gasteiger partial charge in [0.25, 0.3) is 0 Å². The Kier molecular flexibility index (Phi) is 1.83. The van der Waals surface area contributed by atoms with Crippen LogP contribution in [0, 0.1) is 23.2 Å². The highest BCUT2D eigenvalue weighted by atomic mass is 16.3. The van der Waals surface area contributed by atoms with Gasteiger partial charge in [-0.1, -0.05) is 13.8 Å². The van der Waals surface area contributed by atoms with Gasteiger partial charge >= 0.3 is 0 Å². The average molecular weight is 182 g/mol. The van der Waals surface area contributed by atoms with Crippen LogP contribution in [0.15, 0.2) is 0 Å². The zero-order valence-electron chi connectivity index (χ0n) is 9.30. The highest BCUT2D eigenvalue weighted by Crippen LogP contribution is 2.63. The minimum absolute atomic E-state index is 0.465. The SMILES string of the molecule is CC(C)(O)C1CCC2CC1C2(C)C. The Bertz CT molecular complexity index is 210. The Morgan fingerprint density at radius 2 is 1.85 bits per heavy atom. The van der Waals surface area contributed by atoms with Crippen molar-refractivity contribution in [2.45, 2.75) is 52.6 Å². The summed E-state index contributed by atoms with van der Waals surface area (Å²) in [6.07, 6.45) is 3.93. The lowest BCUT2D eigenvalue weighted by Gasteiger charge is -2.62. The van der Waals surface area contributed by atoms with Crippen molar-refractivity contribution in [2.24, 2.45) is 23.2 Å². The predicted molar refractivity (Wildman–Crippen MR) is 54.4 cm³/mol. The molecule has 3 aliphatic rings. The molecule has 1 N–H and O–H groups in total. The first kappa shape index (κ1) is 9.51. The van der Waals surface area contributed by atoms with E-state index in [0.717, 1.165) is 11.8 Å². The fourth-order valence-corrected chi connectivity index (χ4v) is 3.66. The number of aliphatic hydroxyl groups is 1. The Morgan fingerprint density at radius 1 is 1.23 bits per heavy atom. The van der Waals surface area contributed by atoms with E-state index >= 15 is 0 Å². The smallest absolute Gasteiger partial charge is 0.0622 e. The third-order valence-electron chi connectivity index (χ3n) is 4.77. The van der Waals surface area contributed by atoms with Gasteiger partial charge in [0.15, 0.2) is 0 Å². The molecule has 76 valence electrons. The van der Waals surface area contributed by atoms with Gasteiger partial charge in [-0.2, -0.15) is 0 Å². The lowest BCUT2D eigenvalue weighted by Crippen LogP contribution is -2.57. The minimum Gasteiger partial charge on any atom is -0.390 e. The van der Waals surface area contributed by atoms with Gasteiger partial charge in [0, 0.05) is 0 Å². The van der Waals surface area contributed by atoms with Crippen molar-refractivity contribution in [3.8, 4) is 0 Å². The van der Waals surface area contributed by atoms with Crippen LogP contribution in [0.4, 0.5) is 0 Å². The summed E-state index contributed by atoms with van der Waals surface area (Å²) in [5.41, 5.74) is 0.0379. The second kappa shape index (κ2) is 2.50. The monoisotopic (exact) mass is 182 g/mol. The molecule has 0 amide bonds. The van der Waals surface area contributed by atoms with E-state index in [1.54, 1.807) is 0 Å². The number of rotatable bonds is 1. The predicted octanol–water partition coefficient (Wildman–Crippen LogP) is 2.83. The molecule has 0 radical (unpaired) electrons. The van der Waals surface area contributed by atoms with Gasteiger partial charge in [0.1, 0.15) is 0 Å². The fourth-order valence-electron chi connectivity index (χ4n) is 3.66. The van der Waals surface area contributed by atoms with E-state index in [-0.39, 0.29) is 0 Å². The number of hydrogen-bond donors (Lipinski definition) is 1. The molecule has 2 bridgehead atoms. The van der Waals surface area contributed by atoms with Crippen molar-refractivity contribution in [2.75, 3.05) is 0 Å². The zero-order chi connectivity index (χ0) is 9.85. The van der Waals surface area contributed by atoms with Gasteiger partial charge in [-0.3, -0.25) is 0 Å². The lowest BCUT2D eigenvalue weighted by atomic mass is 9.44. The standard InChI is InChI=1S/C12H22O/c1-11(2)8-5-6-9(10(11)7-8)12(3,4)13/h8-10,13H,5-7H2,1-4H3. The molecule has 1 heteroatoms. The fraction of sp³-hybridized carbons (Fsp3) is 1.00. The summed E-state index contributed by atoms with van der Waals surface area (Å²) in [6.45, 7) is 8.71. The maximum absolute atomic E-state index is 10.1. The van der Waals surface area contributed by atoms with Crippen molar-refractivity contribution >= 4 is 0 Å². The van der Waals surface area contributed by atoms with Crippen molar-refractivity contribution in [3.63, 3.8) is 0 Å². The highest BCUT2D eigenvalue weighted by molar-refractivity contribution is 5.06. The Balaban J connectivity index is 2.16. The normalized spacial score (nSPS) is 42.7. The molecule has 3 atom stereocenters. The lowest BCUT2D eigenvalue weighted by molar-refractivity contribution is -0.161. The molecule has 3 fully saturated rings. The van der Waals surface area contributed by atoms with Crippen LogP contribution in [0.25, 0.3) is 0 Å². The molecule has 13 heavy (non-hydrogen) atoms. The topological polar surface area (TPSA) is 20.2 Å². The van der Waals surface area contributed by atoms with Crippen LogP contribution in [0.2, 0.25) is 0 Å². The summed E-state index contributed by atoms with van der Waals surface area (Å²) in [6, 6.07) is 0. The third-order valence-corrected chi connectivity index (χ3v) is 4.77. The van der Waals surface area contributed by atoms with Crippen molar-refractivity contribution in [3.05, 3.63) is 0 Å². The van der Waals surface area contributed by atoms with Gasteiger partial charge < -0.3 is 5.11 Å². The van der Waals surface area contributed by atoms with Gasteiger partial charge in [0.2, 0.25) is 0 Å². The van der Waals surface area contributed by atoms with Gasteiger partial charge in [-0.05, 0) is 56.3 Å². The molecule has 3 saturated carbocycles. The molecule has 0 aromatic rings. The molecule has 0 aromatic heterocycles. The minimum atomic E-state index is -0.465. The van der Waals surface area contributed by atoms with Crippen LogP contribution < -0.4 is 0 Å². The van der Waals surface area contributed by atoms with Crippen molar-refractivity contribution < 1.29 is 5.11 Å². The quantitative estimate of drug-likeness (QED) is 0.661. The highest BCUT2D eigenvalue weighted by Gasteiger charge is 2.56. The molecule has 0 heterocycles. The molecule has 0 saturated heterocycles. The Morgan fingerprint density at radius 3 is 2.15 bits per heavy atom. The first-order chi connectivity index (χ1) is 5.83. The van der Waals surface area contributed by atoms with Crippen LogP contribution in [-0.2, 0) is 0 Å². The van der Waals surface area contributed by atoms with E-state index in [9.17, 15) is 5.11 Å². The molecule has 3 rings (SSSR count). The van der Waals surface area contributed by atoms with Crippen LogP contribution in [0.5, 0.6) is 0 Å². The summed E-state index contributed by atoms with van der Waals surface area (Å²) >= 11 is 0. The first-order valence-corrected chi connectivity index (χ1v) is 5.56. The van der Waals surface area contributed by atoms with E-state index in [1.165, 1.54) is 19.3 Å². The van der Waals surface area contributed by atoms with Gasteiger partial charge in [0.05, 0.1) is 5.60 Å². The molecule has 1 nitrogen and oxygen atoms in total. The summed E-state index contributed by atoms with van der Waals surface area (Å²) in [5.74, 6) is 2.25. The summed E-state index contributed by atoms with van der Waals surface area (Å²) < 4.78 is 0. The maximum atomic E-state index is 10.1. The summed E-state index contributed by atoms with van der Waals surface area (Å²) in [4.78, 5) is 0. The van der Waals surface area contributed by atoms with E-state index in [0.29, 0.717) is 11.3 Å². The van der Waals surface area contributed by atoms with E-state index in [4.69, 9.17) is 0 Å². The van der Waals surface area contributed by atoms with Gasteiger partial charge in [-0.25, -0.2) is 0 Å². The first-order valence-electron chi connectivity index (χ1n) is 5.56. The average Bonchev–Trinajstić information content (AvgIpc) is 2.02. The number of fused-ring (bicyclic) bond motifs is 2. The van der Waals surface area contributed by atoms with Crippen LogP contribution in [-0.4, -0.2) is 10.7 Å². The largest absolute Gasteiger partial charge is 0.390 e. The molecule has 3 unspecified atom stereocenters. The molecular weight excluding hydrogens is 160 g/mol. The molecule has 0 aliphatic heterocycles. The maximum Gasteiger partial charge on any atom is 0.0622 e. The molecule has 0 spiro atoms. The van der Waals surface area contributed by atoms with Crippen molar-refractivity contribution in [1.82, 2.24) is 0 Å². The third kappa shape index (κ3) is 1.24.